The van der Waals surface area contributed by atoms with Crippen molar-refractivity contribution in [1.82, 2.24) is 19.7 Å². The summed E-state index contributed by atoms with van der Waals surface area (Å²) in [5, 5.41) is 20.9. The van der Waals surface area contributed by atoms with E-state index in [0.29, 0.717) is 12.4 Å². The number of fused-ring (bicyclic) bond motifs is 1. The molecule has 4 rings (SSSR count). The lowest BCUT2D eigenvalue weighted by Gasteiger charge is -2.13. The van der Waals surface area contributed by atoms with Crippen molar-refractivity contribution in [3.8, 4) is 11.1 Å². The first-order valence-electron chi connectivity index (χ1n) is 8.33. The summed E-state index contributed by atoms with van der Waals surface area (Å²) in [6.07, 6.45) is 2.83. The molecule has 1 atom stereocenters. The molecule has 0 bridgehead atoms. The molecule has 4 aromatic rings. The number of aromatic nitrogens is 4. The van der Waals surface area contributed by atoms with Gasteiger partial charge in [0, 0.05) is 36.3 Å². The molecule has 0 fully saturated rings. The molecule has 3 heterocycles. The van der Waals surface area contributed by atoms with Gasteiger partial charge in [0.25, 0.3) is 0 Å². The summed E-state index contributed by atoms with van der Waals surface area (Å²) in [5.41, 5.74) is 3.00. The fraction of sp³-hybridized carbons (Fsp3) is 0.211. The number of hydrogen-bond acceptors (Lipinski definition) is 6. The van der Waals surface area contributed by atoms with Crippen LogP contribution in [0.1, 0.15) is 17.5 Å². The molecule has 0 aliphatic rings. The third kappa shape index (κ3) is 3.18. The molecule has 0 aliphatic heterocycles. The van der Waals surface area contributed by atoms with E-state index in [2.05, 4.69) is 37.9 Å². The average Bonchev–Trinajstić information content (AvgIpc) is 3.26. The van der Waals surface area contributed by atoms with Crippen molar-refractivity contribution >= 4 is 27.4 Å². The van der Waals surface area contributed by atoms with Gasteiger partial charge >= 0.3 is 0 Å². The largest absolute Gasteiger partial charge is 0.386 e. The van der Waals surface area contributed by atoms with E-state index < -0.39 is 6.10 Å². The average molecular weight is 365 g/mol. The normalized spacial score (nSPS) is 12.4. The van der Waals surface area contributed by atoms with E-state index in [1.54, 1.807) is 22.2 Å². The highest BCUT2D eigenvalue weighted by Gasteiger charge is 2.16. The summed E-state index contributed by atoms with van der Waals surface area (Å²) >= 11 is 1.60. The van der Waals surface area contributed by atoms with E-state index in [1.807, 2.05) is 38.4 Å². The zero-order chi connectivity index (χ0) is 18.1. The van der Waals surface area contributed by atoms with Crippen molar-refractivity contribution in [2.45, 2.75) is 13.0 Å². The Bertz CT molecular complexity index is 1040. The summed E-state index contributed by atoms with van der Waals surface area (Å²) in [6, 6.07) is 10.2. The highest BCUT2D eigenvalue weighted by Crippen LogP contribution is 2.37. The minimum atomic E-state index is -0.659. The molecule has 2 N–H and O–H groups in total. The maximum atomic E-state index is 10.4. The Balaban J connectivity index is 1.68. The Labute approximate surface area is 155 Å². The lowest BCUT2D eigenvalue weighted by molar-refractivity contribution is 0.191. The van der Waals surface area contributed by atoms with Crippen LogP contribution in [-0.2, 0) is 7.05 Å². The van der Waals surface area contributed by atoms with Gasteiger partial charge in [0.1, 0.15) is 16.5 Å². The number of nitrogens with zero attached hydrogens (tertiary/aromatic N) is 4. The van der Waals surface area contributed by atoms with E-state index in [9.17, 15) is 5.11 Å². The molecule has 0 saturated carbocycles. The zero-order valence-electron chi connectivity index (χ0n) is 14.5. The quantitative estimate of drug-likeness (QED) is 0.566. The second kappa shape index (κ2) is 6.86. The maximum absolute atomic E-state index is 10.4. The molecule has 6 nitrogen and oxygen atoms in total. The SMILES string of the molecule is Cc1nc(NC[C@H](O)c2cnn(C)c2)c2c(-c3ccccc3)csc2n1. The fourth-order valence-corrected chi connectivity index (χ4v) is 3.92. The topological polar surface area (TPSA) is 75.9 Å². The van der Waals surface area contributed by atoms with Gasteiger partial charge < -0.3 is 10.4 Å². The molecule has 0 unspecified atom stereocenters. The second-order valence-electron chi connectivity index (χ2n) is 6.16. The van der Waals surface area contributed by atoms with Gasteiger partial charge in [0.05, 0.1) is 17.7 Å². The summed E-state index contributed by atoms with van der Waals surface area (Å²) < 4.78 is 1.68. The summed E-state index contributed by atoms with van der Waals surface area (Å²) in [4.78, 5) is 10.1. The van der Waals surface area contributed by atoms with Gasteiger partial charge in [-0.3, -0.25) is 4.68 Å². The Morgan fingerprint density at radius 2 is 2.04 bits per heavy atom. The van der Waals surface area contributed by atoms with Crippen LogP contribution in [0.15, 0.2) is 48.1 Å². The molecule has 3 aromatic heterocycles. The maximum Gasteiger partial charge on any atom is 0.139 e. The molecule has 0 amide bonds. The number of hydrogen-bond donors (Lipinski definition) is 2. The lowest BCUT2D eigenvalue weighted by Crippen LogP contribution is -2.13. The van der Waals surface area contributed by atoms with Crippen molar-refractivity contribution in [1.29, 1.82) is 0 Å². The van der Waals surface area contributed by atoms with E-state index in [1.165, 1.54) is 0 Å². The first kappa shape index (κ1) is 16.7. The number of aliphatic hydroxyl groups excluding tert-OH is 1. The first-order chi connectivity index (χ1) is 12.6. The number of nitrogens with one attached hydrogen (secondary N) is 1. The molecule has 26 heavy (non-hydrogen) atoms. The van der Waals surface area contributed by atoms with Crippen LogP contribution in [0.25, 0.3) is 21.3 Å². The molecule has 0 radical (unpaired) electrons. The Kier molecular flexibility index (Phi) is 4.40. The van der Waals surface area contributed by atoms with Gasteiger partial charge in [-0.2, -0.15) is 5.10 Å². The predicted molar refractivity (Wildman–Crippen MR) is 104 cm³/mol. The van der Waals surface area contributed by atoms with Crippen LogP contribution in [0.2, 0.25) is 0 Å². The minimum absolute atomic E-state index is 0.349. The van der Waals surface area contributed by atoms with Gasteiger partial charge in [-0.15, -0.1) is 11.3 Å². The van der Waals surface area contributed by atoms with Crippen molar-refractivity contribution in [2.24, 2.45) is 7.05 Å². The summed E-state index contributed by atoms with van der Waals surface area (Å²) in [6.45, 7) is 2.23. The highest BCUT2D eigenvalue weighted by molar-refractivity contribution is 7.17. The Morgan fingerprint density at radius 1 is 1.23 bits per heavy atom. The fourth-order valence-electron chi connectivity index (χ4n) is 2.93. The van der Waals surface area contributed by atoms with Crippen LogP contribution in [0, 0.1) is 6.92 Å². The van der Waals surface area contributed by atoms with Gasteiger partial charge in [0.15, 0.2) is 0 Å². The molecule has 0 spiro atoms. The lowest BCUT2D eigenvalue weighted by atomic mass is 10.1. The smallest absolute Gasteiger partial charge is 0.139 e. The Hall–Kier alpha value is -2.77. The second-order valence-corrected chi connectivity index (χ2v) is 7.02. The van der Waals surface area contributed by atoms with Crippen molar-refractivity contribution in [3.05, 3.63) is 59.5 Å². The van der Waals surface area contributed by atoms with E-state index in [-0.39, 0.29) is 0 Å². The van der Waals surface area contributed by atoms with Crippen LogP contribution < -0.4 is 5.32 Å². The summed E-state index contributed by atoms with van der Waals surface area (Å²) in [5.74, 6) is 1.45. The molecule has 132 valence electrons. The highest BCUT2D eigenvalue weighted by atomic mass is 32.1. The zero-order valence-corrected chi connectivity index (χ0v) is 15.4. The number of anilines is 1. The van der Waals surface area contributed by atoms with Gasteiger partial charge in [-0.05, 0) is 12.5 Å². The summed E-state index contributed by atoms with van der Waals surface area (Å²) in [7, 11) is 1.83. The standard InChI is InChI=1S/C19H19N5OS/c1-12-22-18(20-9-16(25)14-8-21-24(2)10-14)17-15(11-26-19(17)23-12)13-6-4-3-5-7-13/h3-8,10-11,16,25H,9H2,1-2H3,(H,20,22,23)/t16-/m0/s1. The molecular weight excluding hydrogens is 346 g/mol. The number of aliphatic hydroxyl groups is 1. The Morgan fingerprint density at radius 3 is 2.77 bits per heavy atom. The van der Waals surface area contributed by atoms with E-state index in [0.717, 1.165) is 32.7 Å². The van der Waals surface area contributed by atoms with Crippen LogP contribution in [0.4, 0.5) is 5.82 Å². The molecule has 1 aromatic carbocycles. The number of rotatable bonds is 5. The van der Waals surface area contributed by atoms with Crippen LogP contribution in [0.5, 0.6) is 0 Å². The number of thiophene rings is 1. The minimum Gasteiger partial charge on any atom is -0.386 e. The van der Waals surface area contributed by atoms with Crippen LogP contribution in [-0.4, -0.2) is 31.4 Å². The van der Waals surface area contributed by atoms with Crippen LogP contribution >= 0.6 is 11.3 Å². The number of aryl methyl sites for hydroxylation is 2. The number of benzene rings is 1. The van der Waals surface area contributed by atoms with Gasteiger partial charge in [-0.25, -0.2) is 9.97 Å². The van der Waals surface area contributed by atoms with Crippen molar-refractivity contribution in [2.75, 3.05) is 11.9 Å². The molecular formula is C19H19N5OS. The molecule has 7 heteroatoms. The van der Waals surface area contributed by atoms with E-state index >= 15 is 0 Å². The van der Waals surface area contributed by atoms with Crippen molar-refractivity contribution in [3.63, 3.8) is 0 Å². The monoisotopic (exact) mass is 365 g/mol. The predicted octanol–water partition coefficient (Wildman–Crippen LogP) is 3.55. The van der Waals surface area contributed by atoms with Gasteiger partial charge in [0.2, 0.25) is 0 Å². The van der Waals surface area contributed by atoms with Crippen molar-refractivity contribution < 1.29 is 5.11 Å². The molecule has 0 aliphatic carbocycles. The van der Waals surface area contributed by atoms with Gasteiger partial charge in [-0.1, -0.05) is 30.3 Å². The third-order valence-electron chi connectivity index (χ3n) is 4.20. The first-order valence-corrected chi connectivity index (χ1v) is 9.21. The van der Waals surface area contributed by atoms with E-state index in [4.69, 9.17) is 0 Å². The van der Waals surface area contributed by atoms with Crippen LogP contribution in [0.3, 0.4) is 0 Å². The third-order valence-corrected chi connectivity index (χ3v) is 5.07. The molecule has 0 saturated heterocycles.